The smallest absolute Gasteiger partial charge is 0.338 e. The van der Waals surface area contributed by atoms with Crippen molar-refractivity contribution in [2.45, 2.75) is 111 Å². The van der Waals surface area contributed by atoms with Gasteiger partial charge in [0.1, 0.15) is 18.0 Å². The van der Waals surface area contributed by atoms with Crippen molar-refractivity contribution in [3.63, 3.8) is 0 Å². The Morgan fingerprint density at radius 1 is 0.796 bits per heavy atom. The highest BCUT2D eigenvalue weighted by molar-refractivity contribution is 6.01. The monoisotopic (exact) mass is 655 g/mol. The Bertz CT molecular complexity index is 2240. The molecule has 0 aromatic heterocycles. The van der Waals surface area contributed by atoms with Gasteiger partial charge >= 0.3 is 5.97 Å². The van der Waals surface area contributed by atoms with E-state index in [0.717, 1.165) is 64.9 Å². The molecule has 0 N–H and O–H groups in total. The standard InChI is InChI=1S/C44H51N2O3/c1-24-13-14-27(40(47)48-12)30(19-24)33-31-20-28-25(2)22-43(8,9)45-17-15-41(4,5)34(36(28)45)38(31)49-39-32(33)21-29-26(3)23-44(10,11)46-18-16-42(6,7)35(39)37(29)46/h13-14,19-23H,15-18H2,1-12H3/q+1. The molecule has 3 aromatic rings. The van der Waals surface area contributed by atoms with Crippen molar-refractivity contribution in [3.05, 3.63) is 97.6 Å². The van der Waals surface area contributed by atoms with E-state index in [1.54, 1.807) is 0 Å². The summed E-state index contributed by atoms with van der Waals surface area (Å²) in [7, 11) is 1.48. The number of carbonyl (C=O) groups is 1. The third-order valence-electron chi connectivity index (χ3n) is 12.3. The van der Waals surface area contributed by atoms with E-state index < -0.39 is 0 Å². The van der Waals surface area contributed by atoms with Gasteiger partial charge in [-0.3, -0.25) is 0 Å². The van der Waals surface area contributed by atoms with Gasteiger partial charge in [0.05, 0.1) is 29.5 Å². The molecule has 5 heterocycles. The number of aryl methyl sites for hydroxylation is 1. The minimum absolute atomic E-state index is 0.118. The molecule has 254 valence electrons. The molecule has 0 saturated carbocycles. The van der Waals surface area contributed by atoms with Crippen LogP contribution in [0.25, 0.3) is 16.7 Å². The van der Waals surface area contributed by atoms with Crippen LogP contribution in [0.4, 0.5) is 5.69 Å². The molecule has 0 radical (unpaired) electrons. The molecule has 49 heavy (non-hydrogen) atoms. The molecule has 0 spiro atoms. The number of carbonyl (C=O) groups excluding carboxylic acids is 1. The van der Waals surface area contributed by atoms with Crippen LogP contribution in [0.2, 0.25) is 0 Å². The van der Waals surface area contributed by atoms with Crippen LogP contribution in [-0.2, 0) is 15.6 Å². The van der Waals surface area contributed by atoms with Gasteiger partial charge in [0.2, 0.25) is 5.36 Å². The average molecular weight is 656 g/mol. The Kier molecular flexibility index (Phi) is 6.54. The van der Waals surface area contributed by atoms with E-state index in [1.807, 2.05) is 12.1 Å². The predicted octanol–water partition coefficient (Wildman–Crippen LogP) is 8.19. The summed E-state index contributed by atoms with van der Waals surface area (Å²) in [5, 5.41) is 2.35. The fourth-order valence-electron chi connectivity index (χ4n) is 9.78. The van der Waals surface area contributed by atoms with Crippen LogP contribution in [0.1, 0.15) is 131 Å². The van der Waals surface area contributed by atoms with E-state index in [0.29, 0.717) is 5.56 Å². The molecule has 5 heteroatoms. The molecule has 3 aromatic carbocycles. The van der Waals surface area contributed by atoms with E-state index in [1.165, 1.54) is 51.6 Å². The second-order valence-corrected chi connectivity index (χ2v) is 17.6. The summed E-state index contributed by atoms with van der Waals surface area (Å²) < 4.78 is 15.6. The Labute approximate surface area is 291 Å². The van der Waals surface area contributed by atoms with E-state index in [9.17, 15) is 4.79 Å². The van der Waals surface area contributed by atoms with Crippen LogP contribution >= 0.6 is 0 Å². The van der Waals surface area contributed by atoms with Gasteiger partial charge in [-0.25, -0.2) is 9.37 Å². The van der Waals surface area contributed by atoms with Crippen molar-refractivity contribution >= 4 is 28.4 Å². The molecule has 0 bridgehead atoms. The highest BCUT2D eigenvalue weighted by Crippen LogP contribution is 2.57. The molecule has 5 nitrogen and oxygen atoms in total. The topological polar surface area (TPSA) is 41.8 Å². The zero-order chi connectivity index (χ0) is 35.2. The van der Waals surface area contributed by atoms with Crippen LogP contribution in [-0.4, -0.2) is 37.2 Å². The van der Waals surface area contributed by atoms with Crippen LogP contribution in [0.3, 0.4) is 0 Å². The van der Waals surface area contributed by atoms with E-state index in [4.69, 9.17) is 9.47 Å². The number of fused-ring (bicyclic) bond motifs is 4. The van der Waals surface area contributed by atoms with Gasteiger partial charge < -0.3 is 14.4 Å². The number of anilines is 1. The van der Waals surface area contributed by atoms with E-state index >= 15 is 0 Å². The Morgan fingerprint density at radius 2 is 1.49 bits per heavy atom. The molecule has 8 rings (SSSR count). The summed E-state index contributed by atoms with van der Waals surface area (Å²) >= 11 is 0. The van der Waals surface area contributed by atoms with Gasteiger partial charge in [-0.1, -0.05) is 51.5 Å². The Morgan fingerprint density at radius 3 is 2.20 bits per heavy atom. The van der Waals surface area contributed by atoms with Crippen LogP contribution in [0.5, 0.6) is 11.5 Å². The third kappa shape index (κ3) is 4.36. The van der Waals surface area contributed by atoms with Gasteiger partial charge in [-0.2, -0.15) is 0 Å². The van der Waals surface area contributed by atoms with Crippen LogP contribution in [0, 0.1) is 6.92 Å². The summed E-state index contributed by atoms with van der Waals surface area (Å²) in [4.78, 5) is 16.2. The minimum Gasteiger partial charge on any atom is -0.465 e. The van der Waals surface area contributed by atoms with Crippen molar-refractivity contribution in [1.29, 1.82) is 0 Å². The van der Waals surface area contributed by atoms with Crippen LogP contribution in [0.15, 0.2) is 42.5 Å². The van der Waals surface area contributed by atoms with Gasteiger partial charge in [-0.05, 0) is 87.4 Å². The number of allylic oxidation sites excluding steroid dienone is 2. The lowest BCUT2D eigenvalue weighted by molar-refractivity contribution is 0.0600. The lowest BCUT2D eigenvalue weighted by Crippen LogP contribution is -2.56. The first-order valence-corrected chi connectivity index (χ1v) is 18.0. The third-order valence-corrected chi connectivity index (χ3v) is 12.3. The first-order valence-electron chi connectivity index (χ1n) is 18.0. The molecule has 5 aliphatic heterocycles. The maximum atomic E-state index is 13.6. The quantitative estimate of drug-likeness (QED) is 0.161. The first kappa shape index (κ1) is 32.1. The second-order valence-electron chi connectivity index (χ2n) is 17.6. The Balaban J connectivity index is 1.64. The van der Waals surface area contributed by atoms with Crippen LogP contribution < -0.4 is 24.8 Å². The summed E-state index contributed by atoms with van der Waals surface area (Å²) in [5.41, 5.74) is 13.1. The molecular weight excluding hydrogens is 604 g/mol. The minimum atomic E-state index is -0.329. The highest BCUT2D eigenvalue weighted by atomic mass is 16.5. The largest absolute Gasteiger partial charge is 0.465 e. The normalized spacial score (nSPS) is 21.3. The summed E-state index contributed by atoms with van der Waals surface area (Å²) in [6, 6.07) is 10.8. The number of hydrogen-bond acceptors (Lipinski definition) is 4. The molecule has 0 unspecified atom stereocenters. The van der Waals surface area contributed by atoms with Gasteiger partial charge in [0.15, 0.2) is 5.54 Å². The van der Waals surface area contributed by atoms with Crippen molar-refractivity contribution in [1.82, 2.24) is 4.58 Å². The molecule has 0 fully saturated rings. The number of ether oxygens (including phenoxy) is 2. The SMILES string of the molecule is COC(=O)c1ccc(C)cc1C1=c2cc3c4c(c2Oc2c1cc1c5c2C(C)(C)CCN5C(C)(C)C=C1C)C(C)(C)CC[N+]=4C(C)(C)C=C3C. The van der Waals surface area contributed by atoms with Gasteiger partial charge in [-0.15, -0.1) is 0 Å². The number of esters is 1. The molecule has 0 amide bonds. The Hall–Kier alpha value is -4.12. The van der Waals surface area contributed by atoms with Gasteiger partial charge in [0.25, 0.3) is 0 Å². The maximum Gasteiger partial charge on any atom is 0.338 e. The van der Waals surface area contributed by atoms with Crippen molar-refractivity contribution < 1.29 is 14.3 Å². The molecule has 5 aliphatic rings. The van der Waals surface area contributed by atoms with E-state index in [-0.39, 0.29) is 27.9 Å². The summed E-state index contributed by atoms with van der Waals surface area (Å²) in [5.74, 6) is 1.54. The number of rotatable bonds is 2. The number of methoxy groups -OCH3 is 1. The highest BCUT2D eigenvalue weighted by Gasteiger charge is 2.48. The zero-order valence-corrected chi connectivity index (χ0v) is 31.5. The molecule has 0 atom stereocenters. The average Bonchev–Trinajstić information content (AvgIpc) is 3.00. The summed E-state index contributed by atoms with van der Waals surface area (Å²) in [6.07, 6.45) is 6.87. The number of hydrogen-bond donors (Lipinski definition) is 0. The summed E-state index contributed by atoms with van der Waals surface area (Å²) in [6.45, 7) is 27.4. The maximum absolute atomic E-state index is 13.6. The fraction of sp³-hybridized carbons (Fsp3) is 0.455. The van der Waals surface area contributed by atoms with E-state index in [2.05, 4.69) is 116 Å². The predicted molar refractivity (Wildman–Crippen MR) is 201 cm³/mol. The molecule has 0 saturated heterocycles. The van der Waals surface area contributed by atoms with Crippen molar-refractivity contribution in [2.24, 2.45) is 0 Å². The van der Waals surface area contributed by atoms with Gasteiger partial charge in [0, 0.05) is 65.3 Å². The molecule has 0 aliphatic carbocycles. The second kappa shape index (κ2) is 9.99. The molecular formula is C44H51N2O3+. The first-order chi connectivity index (χ1) is 22.9. The lowest BCUT2D eigenvalue weighted by Gasteiger charge is -2.51. The fourth-order valence-corrected chi connectivity index (χ4v) is 9.78. The van der Waals surface area contributed by atoms with Crippen molar-refractivity contribution in [3.8, 4) is 11.5 Å². The number of benzene rings is 3. The number of nitrogens with zero attached hydrogens (tertiary/aromatic N) is 2. The van der Waals surface area contributed by atoms with Crippen molar-refractivity contribution in [2.75, 3.05) is 25.1 Å². The lowest BCUT2D eigenvalue weighted by atomic mass is 9.70. The zero-order valence-electron chi connectivity index (χ0n) is 31.5.